The molecule has 0 saturated carbocycles. The fraction of sp³-hybridized carbons (Fsp3) is 0.259. The van der Waals surface area contributed by atoms with Crippen LogP contribution in [-0.2, 0) is 18.2 Å². The summed E-state index contributed by atoms with van der Waals surface area (Å²) in [6.07, 6.45) is 0.834. The molecule has 1 aliphatic heterocycles. The zero-order valence-electron chi connectivity index (χ0n) is 17.9. The van der Waals surface area contributed by atoms with Crippen molar-refractivity contribution in [1.82, 2.24) is 0 Å². The van der Waals surface area contributed by atoms with Gasteiger partial charge in [0.1, 0.15) is 5.75 Å². The van der Waals surface area contributed by atoms with Crippen molar-refractivity contribution in [2.24, 2.45) is 11.8 Å². The molecule has 2 unspecified atom stereocenters. The zero-order chi connectivity index (χ0) is 23.0. The number of carbonyl (C=O) groups is 2. The molecule has 4 nitrogen and oxygen atoms in total. The summed E-state index contributed by atoms with van der Waals surface area (Å²) in [6.45, 7) is 2.54. The van der Waals surface area contributed by atoms with E-state index in [1.807, 2.05) is 49.4 Å². The monoisotopic (exact) mass is 565 g/mol. The van der Waals surface area contributed by atoms with Crippen LogP contribution in [0.15, 0.2) is 72.8 Å². The maximum absolute atomic E-state index is 14.1. The first-order valence-corrected chi connectivity index (χ1v) is 12.7. The molecule has 33 heavy (non-hydrogen) atoms. The van der Waals surface area contributed by atoms with E-state index in [0.717, 1.165) is 28.7 Å². The number of anilines is 1. The van der Waals surface area contributed by atoms with Gasteiger partial charge in [-0.15, -0.1) is 0 Å². The van der Waals surface area contributed by atoms with Crippen LogP contribution in [0.1, 0.15) is 35.6 Å². The minimum absolute atomic E-state index is 0.206. The lowest BCUT2D eigenvalue weighted by molar-refractivity contribution is -0.122. The maximum Gasteiger partial charge on any atom is 0.240 e. The highest BCUT2D eigenvalue weighted by Gasteiger charge is 2.72. The lowest BCUT2D eigenvalue weighted by atomic mass is 9.54. The van der Waals surface area contributed by atoms with Crippen LogP contribution in [0.4, 0.5) is 5.69 Å². The van der Waals surface area contributed by atoms with Gasteiger partial charge in [-0.2, -0.15) is 0 Å². The van der Waals surface area contributed by atoms with Gasteiger partial charge in [0.05, 0.1) is 32.8 Å². The predicted octanol–water partition coefficient (Wildman–Crippen LogP) is 5.89. The van der Waals surface area contributed by atoms with Gasteiger partial charge in [-0.05, 0) is 40.8 Å². The minimum atomic E-state index is -0.791. The zero-order valence-corrected chi connectivity index (χ0v) is 21.1. The van der Waals surface area contributed by atoms with Crippen molar-refractivity contribution in [3.63, 3.8) is 0 Å². The number of imide groups is 1. The van der Waals surface area contributed by atoms with Gasteiger partial charge in [-0.1, -0.05) is 99.4 Å². The summed E-state index contributed by atoms with van der Waals surface area (Å²) >= 11 is 8.08. The number of benzene rings is 3. The van der Waals surface area contributed by atoms with Gasteiger partial charge in [0.2, 0.25) is 11.8 Å². The number of rotatable bonds is 4. The quantitative estimate of drug-likeness (QED) is 0.292. The van der Waals surface area contributed by atoms with Gasteiger partial charge >= 0.3 is 0 Å². The molecule has 1 fully saturated rings. The summed E-state index contributed by atoms with van der Waals surface area (Å²) in [5.41, 5.74) is 4.62. The van der Waals surface area contributed by atoms with E-state index in [0.29, 0.717) is 18.0 Å². The predicted molar refractivity (Wildman–Crippen MR) is 134 cm³/mol. The number of nitrogens with zero attached hydrogens (tertiary/aromatic N) is 1. The number of carbonyl (C=O) groups excluding carboxylic acids is 2. The van der Waals surface area contributed by atoms with Crippen LogP contribution in [0, 0.1) is 11.8 Å². The normalized spacial score (nSPS) is 29.0. The molecule has 7 rings (SSSR count). The van der Waals surface area contributed by atoms with Crippen molar-refractivity contribution in [1.29, 1.82) is 0 Å². The number of amides is 2. The summed E-state index contributed by atoms with van der Waals surface area (Å²) in [6, 6.07) is 23.5. The molecule has 4 aliphatic rings. The number of ether oxygens (including phenoxy) is 1. The molecule has 166 valence electrons. The first-order valence-electron chi connectivity index (χ1n) is 11.1. The van der Waals surface area contributed by atoms with Crippen molar-refractivity contribution in [2.75, 3.05) is 11.5 Å². The Balaban J connectivity index is 1.59. The number of hydrogen-bond donors (Lipinski definition) is 0. The topological polar surface area (TPSA) is 46.6 Å². The Labute approximate surface area is 209 Å². The average Bonchev–Trinajstić information content (AvgIpc) is 3.12. The summed E-state index contributed by atoms with van der Waals surface area (Å²) in [5.74, 6) is -1.04. The molecule has 0 aromatic heterocycles. The standard InChI is InChI=1S/C27H21Br2NO3/c1-2-15-33-21-14-8-7-13-20(21)30-24(31)22-23(25(30)32)27(29)17-10-4-3-9-16(17)26(22,28)18-11-5-6-12-19(18)27/h3-14,22-23H,2,15H2,1H3. The molecule has 1 heterocycles. The maximum atomic E-state index is 14.1. The van der Waals surface area contributed by atoms with Crippen molar-refractivity contribution < 1.29 is 14.3 Å². The Morgan fingerprint density at radius 2 is 1.18 bits per heavy atom. The molecule has 2 atom stereocenters. The molecular weight excluding hydrogens is 546 g/mol. The van der Waals surface area contributed by atoms with Crippen LogP contribution in [0.3, 0.4) is 0 Å². The molecule has 1 saturated heterocycles. The SMILES string of the molecule is CCCOc1ccccc1N1C(=O)C2C(C1=O)C1(Br)c3ccccc3C2(Br)c2ccccc21. The van der Waals surface area contributed by atoms with Crippen molar-refractivity contribution in [2.45, 2.75) is 22.0 Å². The van der Waals surface area contributed by atoms with Gasteiger partial charge in [0.25, 0.3) is 0 Å². The molecular formula is C27H21Br2NO3. The van der Waals surface area contributed by atoms with Gasteiger partial charge < -0.3 is 4.74 Å². The van der Waals surface area contributed by atoms with Gasteiger partial charge in [-0.3, -0.25) is 9.59 Å². The van der Waals surface area contributed by atoms with Crippen molar-refractivity contribution >= 4 is 49.4 Å². The molecule has 6 heteroatoms. The third-order valence-electron chi connectivity index (χ3n) is 7.15. The number of para-hydroxylation sites is 2. The van der Waals surface area contributed by atoms with Gasteiger partial charge in [0, 0.05) is 0 Å². The minimum Gasteiger partial charge on any atom is -0.491 e. The Morgan fingerprint density at radius 3 is 1.64 bits per heavy atom. The molecule has 2 amide bonds. The summed E-state index contributed by atoms with van der Waals surface area (Å²) < 4.78 is 4.34. The van der Waals surface area contributed by atoms with Crippen LogP contribution in [0.25, 0.3) is 0 Å². The van der Waals surface area contributed by atoms with E-state index in [9.17, 15) is 9.59 Å². The van der Waals surface area contributed by atoms with E-state index >= 15 is 0 Å². The second-order valence-corrected chi connectivity index (χ2v) is 11.3. The molecule has 2 bridgehead atoms. The molecule has 0 N–H and O–H groups in total. The third kappa shape index (κ3) is 2.51. The molecule has 0 radical (unpaired) electrons. The fourth-order valence-corrected chi connectivity index (χ4v) is 8.18. The summed E-state index contributed by atoms with van der Waals surface area (Å²) in [5, 5.41) is 0. The van der Waals surface area contributed by atoms with Crippen molar-refractivity contribution in [3.05, 3.63) is 95.1 Å². The van der Waals surface area contributed by atoms with Crippen molar-refractivity contribution in [3.8, 4) is 5.75 Å². The Hall–Kier alpha value is -2.44. The van der Waals surface area contributed by atoms with Gasteiger partial charge in [0.15, 0.2) is 0 Å². The highest BCUT2D eigenvalue weighted by atomic mass is 79.9. The van der Waals surface area contributed by atoms with E-state index in [-0.39, 0.29) is 11.8 Å². The second kappa shape index (κ2) is 7.28. The number of alkyl halides is 2. The molecule has 3 aromatic rings. The summed E-state index contributed by atoms with van der Waals surface area (Å²) in [7, 11) is 0. The highest BCUT2D eigenvalue weighted by molar-refractivity contribution is 9.10. The Kier molecular flexibility index (Phi) is 4.66. The van der Waals surface area contributed by atoms with Crippen LogP contribution in [-0.4, -0.2) is 18.4 Å². The van der Waals surface area contributed by atoms with E-state index in [1.165, 1.54) is 4.90 Å². The second-order valence-electron chi connectivity index (χ2n) is 8.80. The largest absolute Gasteiger partial charge is 0.491 e. The summed E-state index contributed by atoms with van der Waals surface area (Å²) in [4.78, 5) is 29.6. The first kappa shape index (κ1) is 21.1. The smallest absolute Gasteiger partial charge is 0.240 e. The number of hydrogen-bond acceptors (Lipinski definition) is 3. The van der Waals surface area contributed by atoms with E-state index in [4.69, 9.17) is 4.74 Å². The lowest BCUT2D eigenvalue weighted by Gasteiger charge is -2.55. The van der Waals surface area contributed by atoms with E-state index < -0.39 is 20.5 Å². The fourth-order valence-electron chi connectivity index (χ4n) is 5.88. The van der Waals surface area contributed by atoms with E-state index in [2.05, 4.69) is 56.1 Å². The molecule has 3 aliphatic carbocycles. The Morgan fingerprint density at radius 1 is 0.758 bits per heavy atom. The molecule has 3 aromatic carbocycles. The van der Waals surface area contributed by atoms with Gasteiger partial charge in [-0.25, -0.2) is 4.90 Å². The van der Waals surface area contributed by atoms with Crippen LogP contribution in [0.5, 0.6) is 5.75 Å². The van der Waals surface area contributed by atoms with E-state index in [1.54, 1.807) is 6.07 Å². The van der Waals surface area contributed by atoms with Crippen LogP contribution in [0.2, 0.25) is 0 Å². The lowest BCUT2D eigenvalue weighted by Crippen LogP contribution is -2.56. The average molecular weight is 567 g/mol. The number of halogens is 2. The third-order valence-corrected chi connectivity index (χ3v) is 9.85. The first-order chi connectivity index (χ1) is 16.0. The van der Waals surface area contributed by atoms with Crippen LogP contribution < -0.4 is 9.64 Å². The highest BCUT2D eigenvalue weighted by Crippen LogP contribution is 2.71. The molecule has 0 spiro atoms. The Bertz CT molecular complexity index is 1200. The van der Waals surface area contributed by atoms with Crippen LogP contribution >= 0.6 is 31.9 Å².